The molecule has 34 heavy (non-hydrogen) atoms. The van der Waals surface area contributed by atoms with E-state index in [-0.39, 0.29) is 17.7 Å². The predicted octanol–water partition coefficient (Wildman–Crippen LogP) is 5.55. The molecule has 1 heterocycles. The number of rotatable bonds is 9. The quantitative estimate of drug-likeness (QED) is 0.321. The van der Waals surface area contributed by atoms with Crippen molar-refractivity contribution in [2.24, 2.45) is 0 Å². The molecule has 0 radical (unpaired) electrons. The summed E-state index contributed by atoms with van der Waals surface area (Å²) in [5.41, 5.74) is 3.71. The maximum Gasteiger partial charge on any atom is 0.237 e. The van der Waals surface area contributed by atoms with Crippen molar-refractivity contribution in [2.45, 2.75) is 25.0 Å². The molecule has 0 saturated heterocycles. The van der Waals surface area contributed by atoms with Gasteiger partial charge in [0.15, 0.2) is 5.16 Å². The Hall–Kier alpha value is -3.78. The lowest BCUT2D eigenvalue weighted by molar-refractivity contribution is -0.116. The van der Waals surface area contributed by atoms with E-state index < -0.39 is 0 Å². The number of hydrogen-bond acceptors (Lipinski definition) is 6. The summed E-state index contributed by atoms with van der Waals surface area (Å²) in [4.78, 5) is 15.0. The monoisotopic (exact) mass is 473 g/mol. The van der Waals surface area contributed by atoms with Crippen LogP contribution in [0.3, 0.4) is 0 Å². The number of carbonyl (C=O) groups excluding carboxylic acids is 1. The fourth-order valence-corrected chi connectivity index (χ4v) is 4.37. The highest BCUT2D eigenvalue weighted by Crippen LogP contribution is 2.26. The van der Waals surface area contributed by atoms with Crippen LogP contribution < -0.4 is 15.0 Å². The number of benzene rings is 3. The van der Waals surface area contributed by atoms with Crippen LogP contribution in [-0.2, 0) is 4.79 Å². The first-order chi connectivity index (χ1) is 16.5. The average Bonchev–Trinajstić information content (AvgIpc) is 3.33. The van der Waals surface area contributed by atoms with E-state index >= 15 is 0 Å². The van der Waals surface area contributed by atoms with Gasteiger partial charge in [-0.2, -0.15) is 0 Å². The van der Waals surface area contributed by atoms with Gasteiger partial charge < -0.3 is 15.0 Å². The third kappa shape index (κ3) is 5.58. The van der Waals surface area contributed by atoms with Gasteiger partial charge in [-0.05, 0) is 62.4 Å². The second-order valence-corrected chi connectivity index (χ2v) is 8.81. The minimum Gasteiger partial charge on any atom is -0.497 e. The van der Waals surface area contributed by atoms with Crippen molar-refractivity contribution in [3.8, 4) is 11.4 Å². The van der Waals surface area contributed by atoms with E-state index in [2.05, 4.69) is 15.5 Å². The Morgan fingerprint density at radius 3 is 2.47 bits per heavy atom. The molecule has 0 aliphatic rings. The molecule has 0 fully saturated rings. The third-order valence-corrected chi connectivity index (χ3v) is 6.09. The Morgan fingerprint density at radius 1 is 1.03 bits per heavy atom. The van der Waals surface area contributed by atoms with Crippen LogP contribution in [0.2, 0.25) is 0 Å². The maximum atomic E-state index is 13.2. The molecule has 1 amide bonds. The van der Waals surface area contributed by atoms with E-state index in [1.165, 1.54) is 11.8 Å². The van der Waals surface area contributed by atoms with Crippen LogP contribution in [0.15, 0.2) is 90.3 Å². The van der Waals surface area contributed by atoms with Gasteiger partial charge in [0.2, 0.25) is 5.91 Å². The molecule has 7 nitrogen and oxygen atoms in total. The van der Waals surface area contributed by atoms with Crippen LogP contribution >= 0.6 is 11.8 Å². The van der Waals surface area contributed by atoms with Crippen LogP contribution in [-0.4, -0.2) is 39.6 Å². The molecule has 0 unspecified atom stereocenters. The highest BCUT2D eigenvalue weighted by Gasteiger charge is 2.20. The standard InChI is InChI=1S/C26H27N5O2S/c1-19(2)31(22-14-12-21(13-15-22)28-20-8-5-4-6-9-20)25(32)17-34-26-29-27-18-30(26)23-10-7-11-24(16-23)33-3/h4-16,18-19,28H,17H2,1-3H3. The molecular weight excluding hydrogens is 446 g/mol. The van der Waals surface area contributed by atoms with Gasteiger partial charge in [-0.1, -0.05) is 36.0 Å². The molecule has 4 aromatic rings. The Morgan fingerprint density at radius 2 is 1.76 bits per heavy atom. The van der Waals surface area contributed by atoms with Crippen LogP contribution in [0.1, 0.15) is 13.8 Å². The number of nitrogens with zero attached hydrogens (tertiary/aromatic N) is 4. The molecule has 1 N–H and O–H groups in total. The lowest BCUT2D eigenvalue weighted by Gasteiger charge is -2.27. The summed E-state index contributed by atoms with van der Waals surface area (Å²) < 4.78 is 7.16. The van der Waals surface area contributed by atoms with Crippen LogP contribution in [0, 0.1) is 0 Å². The number of nitrogens with one attached hydrogen (secondary N) is 1. The van der Waals surface area contributed by atoms with Crippen molar-refractivity contribution in [2.75, 3.05) is 23.1 Å². The minimum atomic E-state index is 0.00367. The van der Waals surface area contributed by atoms with E-state index in [4.69, 9.17) is 4.74 Å². The molecule has 0 atom stereocenters. The molecule has 0 aliphatic carbocycles. The Kier molecular flexibility index (Phi) is 7.49. The van der Waals surface area contributed by atoms with Gasteiger partial charge in [-0.15, -0.1) is 10.2 Å². The maximum absolute atomic E-state index is 13.2. The van der Waals surface area contributed by atoms with Gasteiger partial charge in [-0.3, -0.25) is 9.36 Å². The second-order valence-electron chi connectivity index (χ2n) is 7.87. The van der Waals surface area contributed by atoms with Gasteiger partial charge in [0, 0.05) is 29.2 Å². The predicted molar refractivity (Wildman–Crippen MR) is 137 cm³/mol. The summed E-state index contributed by atoms with van der Waals surface area (Å²) in [5, 5.41) is 12.3. The van der Waals surface area contributed by atoms with E-state index in [1.54, 1.807) is 13.4 Å². The Bertz CT molecular complexity index is 1230. The largest absolute Gasteiger partial charge is 0.497 e. The van der Waals surface area contributed by atoms with Gasteiger partial charge in [0.25, 0.3) is 0 Å². The molecular formula is C26H27N5O2S. The number of para-hydroxylation sites is 1. The SMILES string of the molecule is COc1cccc(-n2cnnc2SCC(=O)N(c2ccc(Nc3ccccc3)cc2)C(C)C)c1. The smallest absolute Gasteiger partial charge is 0.237 e. The number of anilines is 3. The van der Waals surface area contributed by atoms with Crippen molar-refractivity contribution >= 4 is 34.7 Å². The first-order valence-corrected chi connectivity index (χ1v) is 11.9. The zero-order valence-corrected chi connectivity index (χ0v) is 20.2. The van der Waals surface area contributed by atoms with Crippen LogP contribution in [0.4, 0.5) is 17.1 Å². The zero-order chi connectivity index (χ0) is 23.9. The van der Waals surface area contributed by atoms with Gasteiger partial charge in [-0.25, -0.2) is 0 Å². The van der Waals surface area contributed by atoms with Crippen molar-refractivity contribution in [3.63, 3.8) is 0 Å². The van der Waals surface area contributed by atoms with Crippen LogP contribution in [0.5, 0.6) is 5.75 Å². The van der Waals surface area contributed by atoms with E-state index in [1.807, 2.05) is 102 Å². The molecule has 3 aromatic carbocycles. The lowest BCUT2D eigenvalue weighted by atomic mass is 10.2. The number of hydrogen-bond donors (Lipinski definition) is 1. The van der Waals surface area contributed by atoms with Gasteiger partial charge in [0.05, 0.1) is 18.6 Å². The number of carbonyl (C=O) groups is 1. The summed E-state index contributed by atoms with van der Waals surface area (Å²) in [7, 11) is 1.63. The molecule has 0 spiro atoms. The van der Waals surface area contributed by atoms with Crippen LogP contribution in [0.25, 0.3) is 5.69 Å². The molecule has 174 valence electrons. The number of aromatic nitrogens is 3. The number of methoxy groups -OCH3 is 1. The fourth-order valence-electron chi connectivity index (χ4n) is 3.58. The first kappa shape index (κ1) is 23.4. The number of ether oxygens (including phenoxy) is 1. The molecule has 4 rings (SSSR count). The average molecular weight is 474 g/mol. The molecule has 1 aromatic heterocycles. The highest BCUT2D eigenvalue weighted by molar-refractivity contribution is 7.99. The first-order valence-electron chi connectivity index (χ1n) is 11.0. The topological polar surface area (TPSA) is 72.3 Å². The van der Waals surface area contributed by atoms with Crippen molar-refractivity contribution < 1.29 is 9.53 Å². The van der Waals surface area contributed by atoms with E-state index in [0.29, 0.717) is 5.16 Å². The lowest BCUT2D eigenvalue weighted by Crippen LogP contribution is -2.38. The zero-order valence-electron chi connectivity index (χ0n) is 19.4. The summed E-state index contributed by atoms with van der Waals surface area (Å²) in [6.45, 7) is 4.02. The molecule has 0 aliphatic heterocycles. The summed E-state index contributed by atoms with van der Waals surface area (Å²) in [5.74, 6) is 0.989. The molecule has 8 heteroatoms. The second kappa shape index (κ2) is 10.9. The van der Waals surface area contributed by atoms with E-state index in [9.17, 15) is 4.79 Å². The van der Waals surface area contributed by atoms with Crippen molar-refractivity contribution in [1.29, 1.82) is 0 Å². The molecule has 0 bridgehead atoms. The van der Waals surface area contributed by atoms with Gasteiger partial charge in [0.1, 0.15) is 12.1 Å². The fraction of sp³-hybridized carbons (Fsp3) is 0.192. The Balaban J connectivity index is 1.45. The third-order valence-electron chi connectivity index (χ3n) is 5.17. The normalized spacial score (nSPS) is 10.8. The van der Waals surface area contributed by atoms with E-state index in [0.717, 1.165) is 28.5 Å². The Labute approximate surface area is 203 Å². The highest BCUT2D eigenvalue weighted by atomic mass is 32.2. The summed E-state index contributed by atoms with van der Waals surface area (Å²) >= 11 is 1.36. The number of amides is 1. The van der Waals surface area contributed by atoms with Gasteiger partial charge >= 0.3 is 0 Å². The summed E-state index contributed by atoms with van der Waals surface area (Å²) in [6, 6.07) is 25.5. The summed E-state index contributed by atoms with van der Waals surface area (Å²) in [6.07, 6.45) is 1.64. The van der Waals surface area contributed by atoms with Crippen molar-refractivity contribution in [3.05, 3.63) is 85.2 Å². The molecule has 0 saturated carbocycles. The minimum absolute atomic E-state index is 0.00367. The van der Waals surface area contributed by atoms with Crippen molar-refractivity contribution in [1.82, 2.24) is 14.8 Å². The number of thioether (sulfide) groups is 1.